The highest BCUT2D eigenvalue weighted by molar-refractivity contribution is 7.81. The maximum Gasteiger partial charge on any atom is 0.307 e. The Labute approximate surface area is 106 Å². The number of aliphatic carboxylic acids is 1. The third kappa shape index (κ3) is 4.28. The molecule has 0 spiro atoms. The van der Waals surface area contributed by atoms with E-state index in [9.17, 15) is 4.79 Å². The molecule has 0 aliphatic heterocycles. The van der Waals surface area contributed by atoms with E-state index in [1.807, 2.05) is 0 Å². The highest BCUT2D eigenvalue weighted by Gasteiger charge is 2.22. The summed E-state index contributed by atoms with van der Waals surface area (Å²) in [7, 11) is 0. The molecule has 4 nitrogen and oxygen atoms in total. The Morgan fingerprint density at radius 1 is 1.62 bits per heavy atom. The van der Waals surface area contributed by atoms with Crippen LogP contribution in [0.4, 0.5) is 5.82 Å². The summed E-state index contributed by atoms with van der Waals surface area (Å²) in [5, 5.41) is 8.77. The van der Waals surface area contributed by atoms with Gasteiger partial charge in [0.2, 0.25) is 0 Å². The van der Waals surface area contributed by atoms with E-state index in [1.165, 1.54) is 0 Å². The molecule has 0 saturated carbocycles. The Morgan fingerprint density at radius 3 is 2.62 bits per heavy atom. The van der Waals surface area contributed by atoms with E-state index in [2.05, 4.69) is 17.6 Å². The van der Waals surface area contributed by atoms with E-state index in [-0.39, 0.29) is 17.7 Å². The Kier molecular flexibility index (Phi) is 6.21. The summed E-state index contributed by atoms with van der Waals surface area (Å²) >= 11 is 4.16. The number of pyridine rings is 1. The maximum absolute atomic E-state index is 10.9. The standard InChI is InChI=1S/C10H14N2O2S.ClH/c1-6(15)8(10(13)14)4-7-2-3-9(11)12-5-7;/h2-3,5-6,8,15H,4H2,1H3,(H2,11,12)(H,13,14);1H/t6-,8-;/m1./s1. The molecule has 1 heterocycles. The van der Waals surface area contributed by atoms with Crippen LogP contribution in [0.25, 0.3) is 0 Å². The number of nitrogens with two attached hydrogens (primary N) is 1. The fourth-order valence-corrected chi connectivity index (χ4v) is 1.51. The predicted octanol–water partition coefficient (Wildman–Crippen LogP) is 1.65. The Balaban J connectivity index is 0.00000225. The van der Waals surface area contributed by atoms with Gasteiger partial charge in [0.1, 0.15) is 5.82 Å². The largest absolute Gasteiger partial charge is 0.481 e. The Morgan fingerprint density at radius 2 is 2.25 bits per heavy atom. The Bertz CT molecular complexity index is 343. The molecule has 0 aliphatic rings. The van der Waals surface area contributed by atoms with E-state index < -0.39 is 11.9 Å². The molecule has 16 heavy (non-hydrogen) atoms. The molecule has 0 aromatic carbocycles. The molecule has 0 saturated heterocycles. The lowest BCUT2D eigenvalue weighted by molar-refractivity contribution is -0.141. The smallest absolute Gasteiger partial charge is 0.307 e. The van der Waals surface area contributed by atoms with Crippen molar-refractivity contribution < 1.29 is 9.90 Å². The van der Waals surface area contributed by atoms with Crippen LogP contribution in [0, 0.1) is 5.92 Å². The van der Waals surface area contributed by atoms with Gasteiger partial charge in [0.25, 0.3) is 0 Å². The van der Waals surface area contributed by atoms with Crippen LogP contribution in [0.2, 0.25) is 0 Å². The number of carbonyl (C=O) groups is 1. The van der Waals surface area contributed by atoms with Crippen LogP contribution in [-0.2, 0) is 11.2 Å². The van der Waals surface area contributed by atoms with Gasteiger partial charge in [-0.2, -0.15) is 12.6 Å². The molecular weight excluding hydrogens is 248 g/mol. The second-order valence-electron chi connectivity index (χ2n) is 3.48. The SMILES string of the molecule is C[C@@H](S)[C@@H](Cc1ccc(N)nc1)C(=O)O.Cl. The summed E-state index contributed by atoms with van der Waals surface area (Å²) in [6.45, 7) is 1.77. The van der Waals surface area contributed by atoms with Gasteiger partial charge in [-0.05, 0) is 18.1 Å². The number of hydrogen-bond donors (Lipinski definition) is 3. The first kappa shape index (κ1) is 15.1. The van der Waals surface area contributed by atoms with Crippen LogP contribution in [-0.4, -0.2) is 21.3 Å². The zero-order chi connectivity index (χ0) is 11.4. The molecule has 0 bridgehead atoms. The minimum atomic E-state index is -0.839. The highest BCUT2D eigenvalue weighted by atomic mass is 35.5. The minimum Gasteiger partial charge on any atom is -0.481 e. The van der Waals surface area contributed by atoms with Gasteiger partial charge in [0, 0.05) is 11.4 Å². The normalized spacial score (nSPS) is 13.6. The zero-order valence-electron chi connectivity index (χ0n) is 8.83. The summed E-state index contributed by atoms with van der Waals surface area (Å²) in [5.41, 5.74) is 6.29. The maximum atomic E-state index is 10.9. The summed E-state index contributed by atoms with van der Waals surface area (Å²) in [6, 6.07) is 3.45. The van der Waals surface area contributed by atoms with Gasteiger partial charge in [-0.1, -0.05) is 13.0 Å². The lowest BCUT2D eigenvalue weighted by Gasteiger charge is -2.15. The molecule has 1 rings (SSSR count). The van der Waals surface area contributed by atoms with Crippen molar-refractivity contribution in [3.05, 3.63) is 23.9 Å². The fraction of sp³-hybridized carbons (Fsp3) is 0.400. The van der Waals surface area contributed by atoms with Crippen LogP contribution in [0.5, 0.6) is 0 Å². The molecule has 0 aliphatic carbocycles. The quantitative estimate of drug-likeness (QED) is 0.721. The highest BCUT2D eigenvalue weighted by Crippen LogP contribution is 2.16. The number of rotatable bonds is 4. The lowest BCUT2D eigenvalue weighted by atomic mass is 9.98. The van der Waals surface area contributed by atoms with Crippen molar-refractivity contribution in [2.24, 2.45) is 5.92 Å². The summed E-state index contributed by atoms with van der Waals surface area (Å²) < 4.78 is 0. The van der Waals surface area contributed by atoms with Crippen LogP contribution in [0.1, 0.15) is 12.5 Å². The number of hydrogen-bond acceptors (Lipinski definition) is 4. The number of thiol groups is 1. The van der Waals surface area contributed by atoms with Crippen LogP contribution in [0.15, 0.2) is 18.3 Å². The van der Waals surface area contributed by atoms with Crippen molar-refractivity contribution in [3.8, 4) is 0 Å². The number of carboxylic acid groups (broad SMARTS) is 1. The average molecular weight is 263 g/mol. The first-order valence-corrected chi connectivity index (χ1v) is 5.13. The van der Waals surface area contributed by atoms with Crippen LogP contribution >= 0.6 is 25.0 Å². The van der Waals surface area contributed by atoms with Gasteiger partial charge < -0.3 is 10.8 Å². The molecule has 1 aromatic rings. The van der Waals surface area contributed by atoms with Crippen molar-refractivity contribution in [2.75, 3.05) is 5.73 Å². The predicted molar refractivity (Wildman–Crippen MR) is 69.2 cm³/mol. The molecule has 0 unspecified atom stereocenters. The molecule has 1 aromatic heterocycles. The Hall–Kier alpha value is -0.940. The number of anilines is 1. The van der Waals surface area contributed by atoms with Crippen molar-refractivity contribution in [1.29, 1.82) is 0 Å². The number of nitrogens with zero attached hydrogens (tertiary/aromatic N) is 1. The molecule has 6 heteroatoms. The van der Waals surface area contributed by atoms with Crippen molar-refractivity contribution >= 4 is 36.8 Å². The monoisotopic (exact) mass is 262 g/mol. The first-order chi connectivity index (χ1) is 7.00. The van der Waals surface area contributed by atoms with E-state index in [0.29, 0.717) is 12.2 Å². The molecule has 90 valence electrons. The van der Waals surface area contributed by atoms with Crippen molar-refractivity contribution in [2.45, 2.75) is 18.6 Å². The zero-order valence-corrected chi connectivity index (χ0v) is 10.5. The summed E-state index contributed by atoms with van der Waals surface area (Å²) in [4.78, 5) is 14.8. The second kappa shape index (κ2) is 6.60. The molecule has 3 N–H and O–H groups in total. The number of halogens is 1. The second-order valence-corrected chi connectivity index (χ2v) is 4.30. The van der Waals surface area contributed by atoms with Gasteiger partial charge >= 0.3 is 5.97 Å². The van der Waals surface area contributed by atoms with Crippen LogP contribution in [0.3, 0.4) is 0 Å². The van der Waals surface area contributed by atoms with Gasteiger partial charge in [0.15, 0.2) is 0 Å². The minimum absolute atomic E-state index is 0. The third-order valence-corrected chi connectivity index (χ3v) is 2.56. The average Bonchev–Trinajstić information content (AvgIpc) is 2.15. The van der Waals surface area contributed by atoms with Crippen molar-refractivity contribution in [3.63, 3.8) is 0 Å². The van der Waals surface area contributed by atoms with E-state index in [1.54, 1.807) is 25.3 Å². The van der Waals surface area contributed by atoms with Gasteiger partial charge in [0.05, 0.1) is 5.92 Å². The van der Waals surface area contributed by atoms with Gasteiger partial charge in [-0.15, -0.1) is 12.4 Å². The van der Waals surface area contributed by atoms with Crippen molar-refractivity contribution in [1.82, 2.24) is 4.98 Å². The number of carboxylic acids is 1. The van der Waals surface area contributed by atoms with Gasteiger partial charge in [-0.3, -0.25) is 4.79 Å². The van der Waals surface area contributed by atoms with E-state index in [4.69, 9.17) is 10.8 Å². The molecule has 0 fully saturated rings. The van der Waals surface area contributed by atoms with Crippen LogP contribution < -0.4 is 5.73 Å². The first-order valence-electron chi connectivity index (χ1n) is 4.62. The lowest BCUT2D eigenvalue weighted by Crippen LogP contribution is -2.24. The fourth-order valence-electron chi connectivity index (χ4n) is 1.27. The number of nitrogen functional groups attached to an aromatic ring is 1. The van der Waals surface area contributed by atoms with E-state index >= 15 is 0 Å². The molecule has 0 amide bonds. The number of aromatic nitrogens is 1. The molecule has 2 atom stereocenters. The van der Waals surface area contributed by atoms with E-state index in [0.717, 1.165) is 5.56 Å². The summed E-state index contributed by atoms with van der Waals surface area (Å²) in [6.07, 6.45) is 2.02. The molecular formula is C10H15ClN2O2S. The van der Waals surface area contributed by atoms with Gasteiger partial charge in [-0.25, -0.2) is 4.98 Å². The third-order valence-electron chi connectivity index (χ3n) is 2.20. The topological polar surface area (TPSA) is 76.2 Å². The molecule has 0 radical (unpaired) electrons. The summed E-state index contributed by atoms with van der Waals surface area (Å²) in [5.74, 6) is -0.905.